The van der Waals surface area contributed by atoms with Gasteiger partial charge in [0, 0.05) is 39.7 Å². The van der Waals surface area contributed by atoms with Crippen molar-refractivity contribution in [3.05, 3.63) is 72.3 Å². The van der Waals surface area contributed by atoms with Crippen LogP contribution in [0.25, 0.3) is 22.1 Å². The van der Waals surface area contributed by atoms with Crippen molar-refractivity contribution in [1.29, 1.82) is 0 Å². The number of nitrogens with one attached hydrogen (secondary N) is 4. The second kappa shape index (κ2) is 26.0. The summed E-state index contributed by atoms with van der Waals surface area (Å²) in [6, 6.07) is 2.13. The predicted molar refractivity (Wildman–Crippen MR) is 284 cm³/mol. The number of esters is 2. The highest BCUT2D eigenvalue weighted by atomic mass is 33.1. The Morgan fingerprint density at radius 3 is 1.36 bits per heavy atom. The Morgan fingerprint density at radius 1 is 0.597 bits per heavy atom. The molecule has 2 bridgehead atoms. The van der Waals surface area contributed by atoms with Gasteiger partial charge in [0.1, 0.15) is 72.9 Å². The van der Waals surface area contributed by atoms with Crippen molar-refractivity contribution in [1.82, 2.24) is 60.8 Å². The number of hydrogen-bond acceptors (Lipinski definition) is 18. The van der Waals surface area contributed by atoms with Crippen molar-refractivity contribution >= 4 is 103 Å². The van der Waals surface area contributed by atoms with Crippen LogP contribution in [0.5, 0.6) is 0 Å². The molecule has 4 heterocycles. The second-order valence-corrected chi connectivity index (χ2v) is 21.7. The summed E-state index contributed by atoms with van der Waals surface area (Å²) in [5, 5.41) is 10.2. The summed E-state index contributed by atoms with van der Waals surface area (Å²) in [6.07, 6.45) is 2.76. The van der Waals surface area contributed by atoms with E-state index >= 15 is 0 Å². The van der Waals surface area contributed by atoms with Gasteiger partial charge in [0.15, 0.2) is 0 Å². The van der Waals surface area contributed by atoms with Gasteiger partial charge in [0.2, 0.25) is 35.4 Å². The lowest BCUT2D eigenvalue weighted by Crippen LogP contribution is -2.60. The summed E-state index contributed by atoms with van der Waals surface area (Å²) in [5.41, 5.74) is 1.39. The van der Waals surface area contributed by atoms with E-state index < -0.39 is 133 Å². The Hall–Kier alpha value is -7.48. The van der Waals surface area contributed by atoms with Gasteiger partial charge < -0.3 is 50.3 Å². The SMILES string of the molecule is CC[C@H](C)[C@H]1C(=O)OC[C@@H](NC(=O)c2cnc3ccccc3n2)C(=O)N[C@@H](C)C(=O)N(C)[C@H]2CSSC[C@@H](C(=O)N1C)N(C)C(=O)[C@H](C)NC(=O)[C@H](NC(=O)c1cnc3ccccc3n1)COC(=O)[C@H](C(C)C)N(C)C2=O. The van der Waals surface area contributed by atoms with Gasteiger partial charge in [-0.1, -0.05) is 80.0 Å². The van der Waals surface area contributed by atoms with Crippen LogP contribution in [-0.4, -0.2) is 200 Å². The monoisotopic (exact) mass is 1100 g/mol. The summed E-state index contributed by atoms with van der Waals surface area (Å²) in [4.78, 5) is 165. The van der Waals surface area contributed by atoms with Gasteiger partial charge in [0.05, 0.1) is 34.5 Å². The molecule has 9 atom stereocenters. The van der Waals surface area contributed by atoms with Crippen LogP contribution in [0, 0.1) is 11.8 Å². The average Bonchev–Trinajstić information content (AvgIpc) is 3.41. The molecule has 0 saturated carbocycles. The van der Waals surface area contributed by atoms with Crippen LogP contribution in [0.4, 0.5) is 0 Å². The number of cyclic esters (lactones) is 2. The molecule has 4 aromatic rings. The molecule has 0 spiro atoms. The van der Waals surface area contributed by atoms with Crippen molar-refractivity contribution in [2.45, 2.75) is 96.3 Å². The number of hydrogen-bond donors (Lipinski definition) is 4. The molecule has 2 saturated heterocycles. The highest BCUT2D eigenvalue weighted by molar-refractivity contribution is 8.76. The van der Waals surface area contributed by atoms with Crippen LogP contribution in [0.1, 0.15) is 68.9 Å². The Morgan fingerprint density at radius 2 is 0.974 bits per heavy atom. The fraction of sp³-hybridized carbons (Fsp3) is 0.490. The maximum atomic E-state index is 14.9. The molecule has 6 rings (SSSR count). The first-order valence-corrected chi connectivity index (χ1v) is 27.3. The number of carbonyl (C=O) groups excluding carboxylic acids is 10. The number of benzene rings is 2. The van der Waals surface area contributed by atoms with E-state index in [9.17, 15) is 47.9 Å². The summed E-state index contributed by atoms with van der Waals surface area (Å²) in [7, 11) is 7.52. The van der Waals surface area contributed by atoms with Crippen LogP contribution < -0.4 is 21.3 Å². The first-order chi connectivity index (χ1) is 36.5. The topological polar surface area (TPSA) is 302 Å². The number of carbonyl (C=O) groups is 10. The molecule has 0 radical (unpaired) electrons. The number of amides is 8. The molecular weight excluding hydrogens is 1040 g/mol. The standard InChI is InChI=1S/C51H64N12O12S2/c1-11-27(4)41-51(73)75-23-37(59-43(65)35-21-53-31-17-13-15-19-33(31)57-35)45(67)55-28(5)46(68)60(7)38-24-76-77-25-39(49(71)63(41)10)61(8)47(69)29(6)54-44(66)36(22-74-50(72)40(26(2)3)62(9)48(38)70)58-42(64)34-20-52-30-16-12-14-18-32(30)56-34/h12-21,26-29,36-41H,11,22-25H2,1-10H3,(H,54,66)(H,55,67)(H,58,64)(H,59,65)/t27-,28-,29-,36+,37+,38-,39-,40-,41-/m0/s1. The molecule has 2 aliphatic rings. The van der Waals surface area contributed by atoms with E-state index in [1.54, 1.807) is 76.2 Å². The number of nitrogens with zero attached hydrogens (tertiary/aromatic N) is 8. The second-order valence-electron chi connectivity index (χ2n) is 19.2. The van der Waals surface area contributed by atoms with Gasteiger partial charge in [-0.2, -0.15) is 0 Å². The van der Waals surface area contributed by atoms with Gasteiger partial charge in [-0.3, -0.25) is 48.3 Å². The minimum absolute atomic E-state index is 0.155. The Labute approximate surface area is 452 Å². The van der Waals surface area contributed by atoms with Gasteiger partial charge in [-0.15, -0.1) is 0 Å². The third-order valence-corrected chi connectivity index (χ3v) is 15.8. The molecule has 8 amide bonds. The molecular formula is C51H64N12O12S2. The lowest BCUT2D eigenvalue weighted by molar-refractivity contribution is -0.160. The van der Waals surface area contributed by atoms with Crippen LogP contribution >= 0.6 is 21.6 Å². The molecule has 2 fully saturated rings. The van der Waals surface area contributed by atoms with Crippen LogP contribution in [-0.2, 0) is 47.8 Å². The van der Waals surface area contributed by atoms with Crippen molar-refractivity contribution in [2.24, 2.45) is 11.8 Å². The summed E-state index contributed by atoms with van der Waals surface area (Å²) in [5.74, 6) is -10.2. The van der Waals surface area contributed by atoms with Crippen molar-refractivity contribution in [3.8, 4) is 0 Å². The van der Waals surface area contributed by atoms with E-state index in [2.05, 4.69) is 41.2 Å². The number of para-hydroxylation sites is 4. The zero-order valence-corrected chi connectivity index (χ0v) is 46.0. The third kappa shape index (κ3) is 13.9. The smallest absolute Gasteiger partial charge is 0.329 e. The van der Waals surface area contributed by atoms with Gasteiger partial charge >= 0.3 is 11.9 Å². The van der Waals surface area contributed by atoms with E-state index in [-0.39, 0.29) is 22.9 Å². The summed E-state index contributed by atoms with van der Waals surface area (Å²) < 4.78 is 11.5. The third-order valence-electron chi connectivity index (χ3n) is 13.4. The number of aromatic nitrogens is 4. The highest BCUT2D eigenvalue weighted by Crippen LogP contribution is 2.29. The number of ether oxygens (including phenoxy) is 2. The fourth-order valence-corrected chi connectivity index (χ4v) is 11.2. The van der Waals surface area contributed by atoms with E-state index in [1.165, 1.54) is 54.4 Å². The van der Waals surface area contributed by atoms with Gasteiger partial charge in [-0.25, -0.2) is 19.6 Å². The highest BCUT2D eigenvalue weighted by Gasteiger charge is 2.43. The van der Waals surface area contributed by atoms with Crippen molar-refractivity contribution < 1.29 is 57.4 Å². The zero-order valence-electron chi connectivity index (χ0n) is 44.4. The van der Waals surface area contributed by atoms with E-state index in [0.717, 1.165) is 41.2 Å². The Bertz CT molecular complexity index is 2910. The van der Waals surface area contributed by atoms with Crippen LogP contribution in [0.2, 0.25) is 0 Å². The maximum Gasteiger partial charge on any atom is 0.329 e. The molecule has 26 heteroatoms. The summed E-state index contributed by atoms with van der Waals surface area (Å²) in [6.45, 7) is 7.92. The first-order valence-electron chi connectivity index (χ1n) is 24.8. The predicted octanol–water partition coefficient (Wildman–Crippen LogP) is 0.985. The molecule has 0 aliphatic carbocycles. The Kier molecular flexibility index (Phi) is 19.9. The van der Waals surface area contributed by atoms with Gasteiger partial charge in [0.25, 0.3) is 11.8 Å². The minimum atomic E-state index is -1.65. The molecule has 0 unspecified atom stereocenters. The first kappa shape index (κ1) is 58.8. The molecule has 412 valence electrons. The zero-order chi connectivity index (χ0) is 56.4. The average molecular weight is 1100 g/mol. The molecule has 77 heavy (non-hydrogen) atoms. The maximum absolute atomic E-state index is 14.9. The van der Waals surface area contributed by atoms with E-state index in [4.69, 9.17) is 9.47 Å². The van der Waals surface area contributed by atoms with Crippen molar-refractivity contribution in [3.63, 3.8) is 0 Å². The minimum Gasteiger partial charge on any atom is -0.461 e. The number of likely N-dealkylation sites (N-methyl/N-ethyl adjacent to an activating group) is 4. The van der Waals surface area contributed by atoms with Crippen molar-refractivity contribution in [2.75, 3.05) is 52.9 Å². The van der Waals surface area contributed by atoms with Gasteiger partial charge in [-0.05, 0) is 49.9 Å². The molecule has 2 aromatic heterocycles. The lowest BCUT2D eigenvalue weighted by atomic mass is 9.97. The summed E-state index contributed by atoms with van der Waals surface area (Å²) >= 11 is 0. The quantitative estimate of drug-likeness (QED) is 0.148. The lowest BCUT2D eigenvalue weighted by Gasteiger charge is -2.38. The molecule has 2 aromatic carbocycles. The van der Waals surface area contributed by atoms with E-state index in [1.807, 2.05) is 0 Å². The Balaban J connectivity index is 1.40. The van der Waals surface area contributed by atoms with Crippen LogP contribution in [0.3, 0.4) is 0 Å². The number of fused-ring (bicyclic) bond motifs is 7. The fourth-order valence-electron chi connectivity index (χ4n) is 8.67. The normalized spacial score (nSPS) is 24.9. The molecule has 4 N–H and O–H groups in total. The molecule has 2 aliphatic heterocycles. The number of rotatable bonds is 7. The largest absolute Gasteiger partial charge is 0.461 e. The van der Waals surface area contributed by atoms with E-state index in [0.29, 0.717) is 28.5 Å². The molecule has 24 nitrogen and oxygen atoms in total. The van der Waals surface area contributed by atoms with Crippen LogP contribution in [0.15, 0.2) is 60.9 Å².